The number of carbonyl (C=O) groups is 1. The predicted octanol–water partition coefficient (Wildman–Crippen LogP) is 3.70. The Morgan fingerprint density at radius 3 is 2.48 bits per heavy atom. The van der Waals surface area contributed by atoms with Crippen LogP contribution in [0.15, 0.2) is 28.7 Å². The summed E-state index contributed by atoms with van der Waals surface area (Å²) < 4.78 is 6.44. The van der Waals surface area contributed by atoms with Gasteiger partial charge in [-0.05, 0) is 43.4 Å². The fraction of sp³-hybridized carbons (Fsp3) is 0.632. The summed E-state index contributed by atoms with van der Waals surface area (Å²) in [6.07, 6.45) is 7.14. The van der Waals surface area contributed by atoms with Crippen LogP contribution in [0, 0.1) is 0 Å². The molecule has 6 heteroatoms. The Balaban J connectivity index is 0.00000225. The van der Waals surface area contributed by atoms with Crippen molar-refractivity contribution in [3.05, 3.63) is 34.3 Å². The van der Waals surface area contributed by atoms with Crippen molar-refractivity contribution in [2.45, 2.75) is 55.9 Å². The summed E-state index contributed by atoms with van der Waals surface area (Å²) in [5.74, 6) is -0.0225. The van der Waals surface area contributed by atoms with E-state index in [9.17, 15) is 4.79 Å². The highest BCUT2D eigenvalue weighted by molar-refractivity contribution is 9.10. The second-order valence-corrected chi connectivity index (χ2v) is 8.22. The Kier molecular flexibility index (Phi) is 7.32. The molecule has 0 radical (unpaired) electrons. The number of benzene rings is 1. The molecule has 25 heavy (non-hydrogen) atoms. The molecule has 4 nitrogen and oxygen atoms in total. The Labute approximate surface area is 164 Å². The molecule has 0 bridgehead atoms. The second-order valence-electron chi connectivity index (χ2n) is 7.30. The van der Waals surface area contributed by atoms with Gasteiger partial charge in [-0.2, -0.15) is 0 Å². The van der Waals surface area contributed by atoms with Crippen molar-refractivity contribution in [3.63, 3.8) is 0 Å². The number of ether oxygens (including phenoxy) is 1. The zero-order valence-electron chi connectivity index (χ0n) is 14.6. The first-order valence-electron chi connectivity index (χ1n) is 8.95. The van der Waals surface area contributed by atoms with Crippen molar-refractivity contribution in [2.24, 2.45) is 5.73 Å². The minimum Gasteiger partial charge on any atom is -0.381 e. The van der Waals surface area contributed by atoms with E-state index in [0.29, 0.717) is 32.6 Å². The molecule has 0 spiro atoms. The van der Waals surface area contributed by atoms with E-state index in [1.807, 2.05) is 0 Å². The third kappa shape index (κ3) is 4.76. The highest BCUT2D eigenvalue weighted by Gasteiger charge is 2.39. The summed E-state index contributed by atoms with van der Waals surface area (Å²) in [6, 6.07) is 8.52. The molecule has 1 saturated heterocycles. The third-order valence-electron chi connectivity index (χ3n) is 5.67. The summed E-state index contributed by atoms with van der Waals surface area (Å²) in [6.45, 7) is 1.81. The number of carbonyl (C=O) groups excluding carboxylic acids is 1. The van der Waals surface area contributed by atoms with Crippen molar-refractivity contribution in [2.75, 3.05) is 19.8 Å². The average molecular weight is 432 g/mol. The highest BCUT2D eigenvalue weighted by atomic mass is 79.9. The SMILES string of the molecule is Cl.NC1(C(=O)NCC2(c3cccc(Br)c3)CCCCC2)CCOCC1. The minimum atomic E-state index is -0.772. The molecule has 140 valence electrons. The Bertz CT molecular complexity index is 585. The van der Waals surface area contributed by atoms with Gasteiger partial charge in [0.05, 0.1) is 5.54 Å². The molecular formula is C19H28BrClN2O2. The number of amides is 1. The van der Waals surface area contributed by atoms with Gasteiger partial charge in [0.1, 0.15) is 0 Å². The van der Waals surface area contributed by atoms with Crippen molar-refractivity contribution in [1.82, 2.24) is 5.32 Å². The van der Waals surface area contributed by atoms with E-state index in [2.05, 4.69) is 45.5 Å². The number of halogens is 2. The number of hydrogen-bond donors (Lipinski definition) is 2. The Morgan fingerprint density at radius 2 is 1.84 bits per heavy atom. The normalized spacial score (nSPS) is 21.8. The van der Waals surface area contributed by atoms with Crippen LogP contribution in [0.4, 0.5) is 0 Å². The van der Waals surface area contributed by atoms with E-state index >= 15 is 0 Å². The van der Waals surface area contributed by atoms with E-state index in [4.69, 9.17) is 10.5 Å². The fourth-order valence-corrected chi connectivity index (χ4v) is 4.40. The Morgan fingerprint density at radius 1 is 1.16 bits per heavy atom. The van der Waals surface area contributed by atoms with Gasteiger partial charge < -0.3 is 15.8 Å². The molecule has 1 aromatic rings. The largest absolute Gasteiger partial charge is 0.381 e. The average Bonchev–Trinajstić information content (AvgIpc) is 2.61. The summed E-state index contributed by atoms with van der Waals surface area (Å²) in [5, 5.41) is 3.19. The van der Waals surface area contributed by atoms with Gasteiger partial charge in [0.25, 0.3) is 0 Å². The number of nitrogens with one attached hydrogen (secondary N) is 1. The van der Waals surface area contributed by atoms with Gasteiger partial charge in [-0.25, -0.2) is 0 Å². The molecule has 1 aliphatic carbocycles. The van der Waals surface area contributed by atoms with Crippen LogP contribution in [0.5, 0.6) is 0 Å². The molecular weight excluding hydrogens is 404 g/mol. The lowest BCUT2D eigenvalue weighted by Gasteiger charge is -2.40. The van der Waals surface area contributed by atoms with Crippen LogP contribution in [0.1, 0.15) is 50.5 Å². The van der Waals surface area contributed by atoms with Gasteiger partial charge in [0.2, 0.25) is 5.91 Å². The zero-order chi connectivity index (χ0) is 17.0. The van der Waals surface area contributed by atoms with E-state index in [1.165, 1.54) is 24.8 Å². The molecule has 2 aliphatic rings. The molecule has 3 N–H and O–H groups in total. The van der Waals surface area contributed by atoms with Gasteiger partial charge >= 0.3 is 0 Å². The molecule has 0 atom stereocenters. The monoisotopic (exact) mass is 430 g/mol. The maximum atomic E-state index is 12.7. The van der Waals surface area contributed by atoms with Crippen LogP contribution in [0.3, 0.4) is 0 Å². The van der Waals surface area contributed by atoms with Crippen molar-refractivity contribution in [3.8, 4) is 0 Å². The third-order valence-corrected chi connectivity index (χ3v) is 6.17. The topological polar surface area (TPSA) is 64.4 Å². The molecule has 3 rings (SSSR count). The van der Waals surface area contributed by atoms with E-state index in [-0.39, 0.29) is 23.7 Å². The van der Waals surface area contributed by atoms with Crippen LogP contribution in [0.25, 0.3) is 0 Å². The van der Waals surface area contributed by atoms with Crippen molar-refractivity contribution in [1.29, 1.82) is 0 Å². The molecule has 1 saturated carbocycles. The van der Waals surface area contributed by atoms with Crippen molar-refractivity contribution < 1.29 is 9.53 Å². The number of nitrogens with two attached hydrogens (primary N) is 1. The van der Waals surface area contributed by atoms with Gasteiger partial charge in [-0.3, -0.25) is 4.79 Å². The molecule has 1 amide bonds. The first kappa shape index (κ1) is 20.7. The summed E-state index contributed by atoms with van der Waals surface area (Å²) in [7, 11) is 0. The first-order valence-corrected chi connectivity index (χ1v) is 9.74. The van der Waals surface area contributed by atoms with E-state index in [1.54, 1.807) is 0 Å². The molecule has 0 aromatic heterocycles. The molecule has 1 heterocycles. The lowest BCUT2D eigenvalue weighted by molar-refractivity contribution is -0.130. The van der Waals surface area contributed by atoms with Crippen LogP contribution >= 0.6 is 28.3 Å². The standard InChI is InChI=1S/C19H27BrN2O2.ClH/c20-16-6-4-5-15(13-16)18(7-2-1-3-8-18)14-22-17(23)19(21)9-11-24-12-10-19;/h4-6,13H,1-3,7-12,14,21H2,(H,22,23);1H. The second kappa shape index (κ2) is 8.85. The maximum absolute atomic E-state index is 12.7. The predicted molar refractivity (Wildman–Crippen MR) is 106 cm³/mol. The smallest absolute Gasteiger partial charge is 0.240 e. The zero-order valence-corrected chi connectivity index (χ0v) is 17.0. The maximum Gasteiger partial charge on any atom is 0.240 e. The summed E-state index contributed by atoms with van der Waals surface area (Å²) >= 11 is 3.58. The van der Waals surface area contributed by atoms with E-state index in [0.717, 1.165) is 17.3 Å². The van der Waals surface area contributed by atoms with Gasteiger partial charge in [0.15, 0.2) is 0 Å². The number of hydrogen-bond acceptors (Lipinski definition) is 3. The lowest BCUT2D eigenvalue weighted by Crippen LogP contribution is -2.58. The lowest BCUT2D eigenvalue weighted by atomic mass is 9.69. The summed E-state index contributed by atoms with van der Waals surface area (Å²) in [5.41, 5.74) is 6.89. The molecule has 1 aromatic carbocycles. The van der Waals surface area contributed by atoms with Gasteiger partial charge in [-0.15, -0.1) is 12.4 Å². The first-order chi connectivity index (χ1) is 11.5. The fourth-order valence-electron chi connectivity index (χ4n) is 4.00. The van der Waals surface area contributed by atoms with E-state index < -0.39 is 5.54 Å². The van der Waals surface area contributed by atoms with Crippen LogP contribution in [0.2, 0.25) is 0 Å². The molecule has 2 fully saturated rings. The molecule has 1 aliphatic heterocycles. The van der Waals surface area contributed by atoms with Crippen LogP contribution in [-0.4, -0.2) is 31.2 Å². The Hall–Kier alpha value is -0.620. The molecule has 0 unspecified atom stereocenters. The number of rotatable bonds is 4. The minimum absolute atomic E-state index is 0. The van der Waals surface area contributed by atoms with Gasteiger partial charge in [0, 0.05) is 29.6 Å². The summed E-state index contributed by atoms with van der Waals surface area (Å²) in [4.78, 5) is 12.7. The van der Waals surface area contributed by atoms with Gasteiger partial charge in [-0.1, -0.05) is 47.3 Å². The van der Waals surface area contributed by atoms with Crippen LogP contribution in [-0.2, 0) is 14.9 Å². The highest BCUT2D eigenvalue weighted by Crippen LogP contribution is 2.40. The van der Waals surface area contributed by atoms with Crippen molar-refractivity contribution >= 4 is 34.2 Å². The quantitative estimate of drug-likeness (QED) is 0.764. The van der Waals surface area contributed by atoms with Crippen LogP contribution < -0.4 is 11.1 Å².